The molecule has 0 radical (unpaired) electrons. The van der Waals surface area contributed by atoms with Gasteiger partial charge >= 0.3 is 0 Å². The molecule has 112 valence electrons. The van der Waals surface area contributed by atoms with E-state index in [1.807, 2.05) is 37.2 Å². The second-order valence-electron chi connectivity index (χ2n) is 5.55. The monoisotopic (exact) mass is 298 g/mol. The lowest BCUT2D eigenvalue weighted by Crippen LogP contribution is -2.36. The van der Waals surface area contributed by atoms with E-state index in [-0.39, 0.29) is 12.1 Å². The van der Waals surface area contributed by atoms with Crippen LogP contribution in [0.15, 0.2) is 18.2 Å². The number of fused-ring (bicyclic) bond motifs is 1. The van der Waals surface area contributed by atoms with Gasteiger partial charge < -0.3 is 20.1 Å². The molecule has 0 aliphatic carbocycles. The smallest absolute Gasteiger partial charge is 0.125 e. The Labute approximate surface area is 125 Å². The van der Waals surface area contributed by atoms with Crippen molar-refractivity contribution >= 4 is 11.6 Å². The number of nitrogens with one attached hydrogen (secondary N) is 1. The third-order valence-electron chi connectivity index (χ3n) is 3.42. The predicted octanol–water partition coefficient (Wildman–Crippen LogP) is 2.07. The molecule has 1 heterocycles. The number of ether oxygens (including phenoxy) is 1. The van der Waals surface area contributed by atoms with Gasteiger partial charge in [-0.15, -0.1) is 0 Å². The van der Waals surface area contributed by atoms with Crippen molar-refractivity contribution in [2.45, 2.75) is 25.0 Å². The van der Waals surface area contributed by atoms with Crippen LogP contribution >= 0.6 is 11.6 Å². The predicted molar refractivity (Wildman–Crippen MR) is 81.5 cm³/mol. The number of aliphatic hydroxyl groups excluding tert-OH is 1. The molecule has 0 fully saturated rings. The average Bonchev–Trinajstić information content (AvgIpc) is 2.57. The Hall–Kier alpha value is -0.810. The van der Waals surface area contributed by atoms with Gasteiger partial charge in [0, 0.05) is 29.7 Å². The van der Waals surface area contributed by atoms with E-state index in [4.69, 9.17) is 16.3 Å². The number of rotatable bonds is 5. The molecule has 1 aliphatic rings. The number of hydrogen-bond acceptors (Lipinski definition) is 4. The first-order valence-corrected chi connectivity index (χ1v) is 7.42. The summed E-state index contributed by atoms with van der Waals surface area (Å²) in [7, 11) is 3.92. The van der Waals surface area contributed by atoms with Crippen LogP contribution in [-0.4, -0.2) is 49.9 Å². The van der Waals surface area contributed by atoms with Crippen molar-refractivity contribution < 1.29 is 9.84 Å². The summed E-state index contributed by atoms with van der Waals surface area (Å²) < 4.78 is 5.74. The van der Waals surface area contributed by atoms with E-state index >= 15 is 0 Å². The fourth-order valence-electron chi connectivity index (χ4n) is 2.52. The van der Waals surface area contributed by atoms with E-state index in [1.54, 1.807) is 0 Å². The Kier molecular flexibility index (Phi) is 5.66. The van der Waals surface area contributed by atoms with Crippen molar-refractivity contribution in [1.82, 2.24) is 10.2 Å². The van der Waals surface area contributed by atoms with Crippen molar-refractivity contribution in [2.24, 2.45) is 0 Å². The van der Waals surface area contributed by atoms with Crippen LogP contribution in [0.3, 0.4) is 0 Å². The molecule has 1 aromatic rings. The number of nitrogens with zero attached hydrogens (tertiary/aromatic N) is 1. The largest absolute Gasteiger partial charge is 0.493 e. The van der Waals surface area contributed by atoms with Crippen LogP contribution in [0.1, 0.15) is 24.4 Å². The molecule has 0 amide bonds. The lowest BCUT2D eigenvalue weighted by molar-refractivity contribution is 0.131. The average molecular weight is 299 g/mol. The Morgan fingerprint density at radius 3 is 3.05 bits per heavy atom. The van der Waals surface area contributed by atoms with Gasteiger partial charge in [0.1, 0.15) is 5.75 Å². The summed E-state index contributed by atoms with van der Waals surface area (Å²) in [6, 6.07) is 5.98. The van der Waals surface area contributed by atoms with Crippen molar-refractivity contribution in [3.8, 4) is 5.75 Å². The van der Waals surface area contributed by atoms with Gasteiger partial charge in [-0.25, -0.2) is 0 Å². The van der Waals surface area contributed by atoms with Gasteiger partial charge in [0.05, 0.1) is 12.7 Å². The van der Waals surface area contributed by atoms with E-state index < -0.39 is 0 Å². The van der Waals surface area contributed by atoms with Gasteiger partial charge in [0.15, 0.2) is 0 Å². The summed E-state index contributed by atoms with van der Waals surface area (Å²) >= 11 is 6.02. The highest BCUT2D eigenvalue weighted by Crippen LogP contribution is 2.33. The summed E-state index contributed by atoms with van der Waals surface area (Å²) in [5.41, 5.74) is 1.13. The molecule has 20 heavy (non-hydrogen) atoms. The van der Waals surface area contributed by atoms with Gasteiger partial charge in [-0.2, -0.15) is 0 Å². The van der Waals surface area contributed by atoms with Gasteiger partial charge in [-0.05, 0) is 39.1 Å². The zero-order valence-corrected chi connectivity index (χ0v) is 12.9. The number of halogens is 1. The summed E-state index contributed by atoms with van der Waals surface area (Å²) in [6.07, 6.45) is 1.63. The van der Waals surface area contributed by atoms with Gasteiger partial charge in [0.2, 0.25) is 0 Å². The molecule has 0 bridgehead atoms. The highest BCUT2D eigenvalue weighted by molar-refractivity contribution is 6.30. The van der Waals surface area contributed by atoms with Crippen molar-refractivity contribution in [3.63, 3.8) is 0 Å². The molecule has 5 heteroatoms. The fourth-order valence-corrected chi connectivity index (χ4v) is 2.68. The van der Waals surface area contributed by atoms with Crippen molar-refractivity contribution in [3.05, 3.63) is 28.8 Å². The summed E-state index contributed by atoms with van der Waals surface area (Å²) in [4.78, 5) is 1.98. The van der Waals surface area contributed by atoms with Gasteiger partial charge in [0.25, 0.3) is 0 Å². The second-order valence-corrected chi connectivity index (χ2v) is 5.99. The maximum atomic E-state index is 9.96. The minimum absolute atomic E-state index is 0.210. The van der Waals surface area contributed by atoms with E-state index in [9.17, 15) is 5.11 Å². The van der Waals surface area contributed by atoms with E-state index in [0.29, 0.717) is 24.7 Å². The number of aliphatic hydroxyl groups is 1. The third-order valence-corrected chi connectivity index (χ3v) is 3.66. The molecule has 4 nitrogen and oxygen atoms in total. The Bertz CT molecular complexity index is 440. The lowest BCUT2D eigenvalue weighted by Gasteiger charge is -2.22. The summed E-state index contributed by atoms with van der Waals surface area (Å²) in [6.45, 7) is 1.94. The molecule has 1 aromatic carbocycles. The quantitative estimate of drug-likeness (QED) is 0.873. The van der Waals surface area contributed by atoms with Gasteiger partial charge in [-0.1, -0.05) is 17.7 Å². The van der Waals surface area contributed by atoms with Crippen molar-refractivity contribution in [1.29, 1.82) is 0 Å². The van der Waals surface area contributed by atoms with E-state index in [2.05, 4.69) is 5.32 Å². The molecule has 0 saturated carbocycles. The molecular formula is C15H23ClN2O2. The van der Waals surface area contributed by atoms with Crippen LogP contribution in [0, 0.1) is 0 Å². The van der Waals surface area contributed by atoms with Crippen LogP contribution < -0.4 is 10.1 Å². The molecular weight excluding hydrogens is 276 g/mol. The van der Waals surface area contributed by atoms with Crippen LogP contribution in [0.2, 0.25) is 5.02 Å². The lowest BCUT2D eigenvalue weighted by atomic mass is 10.0. The highest BCUT2D eigenvalue weighted by atomic mass is 35.5. The fraction of sp³-hybridized carbons (Fsp3) is 0.600. The number of likely N-dealkylation sites (N-methyl/N-ethyl adjacent to an activating group) is 1. The van der Waals surface area contributed by atoms with Crippen LogP contribution in [-0.2, 0) is 0 Å². The zero-order chi connectivity index (χ0) is 14.5. The normalized spacial score (nSPS) is 20.1. The zero-order valence-electron chi connectivity index (χ0n) is 12.1. The SMILES string of the molecule is CN(C)CC(O)CNC1CCCOc2cc(Cl)ccc21. The Morgan fingerprint density at radius 2 is 2.30 bits per heavy atom. The first-order chi connectivity index (χ1) is 9.56. The minimum atomic E-state index is -0.370. The minimum Gasteiger partial charge on any atom is -0.493 e. The summed E-state index contributed by atoms with van der Waals surface area (Å²) in [5.74, 6) is 0.856. The molecule has 2 atom stereocenters. The number of benzene rings is 1. The molecule has 2 N–H and O–H groups in total. The molecule has 2 rings (SSSR count). The molecule has 0 saturated heterocycles. The summed E-state index contributed by atoms with van der Waals surface area (Å²) in [5, 5.41) is 14.1. The van der Waals surface area contributed by atoms with Crippen LogP contribution in [0.4, 0.5) is 0 Å². The second kappa shape index (κ2) is 7.27. The topological polar surface area (TPSA) is 44.7 Å². The van der Waals surface area contributed by atoms with Gasteiger partial charge in [-0.3, -0.25) is 0 Å². The van der Waals surface area contributed by atoms with Crippen molar-refractivity contribution in [2.75, 3.05) is 33.8 Å². The maximum Gasteiger partial charge on any atom is 0.125 e. The van der Waals surface area contributed by atoms with Crippen LogP contribution in [0.25, 0.3) is 0 Å². The first kappa shape index (κ1) is 15.6. The molecule has 2 unspecified atom stereocenters. The molecule has 0 spiro atoms. The Morgan fingerprint density at radius 1 is 1.50 bits per heavy atom. The third kappa shape index (κ3) is 4.35. The van der Waals surface area contributed by atoms with E-state index in [1.165, 1.54) is 0 Å². The van der Waals surface area contributed by atoms with E-state index in [0.717, 1.165) is 24.2 Å². The highest BCUT2D eigenvalue weighted by Gasteiger charge is 2.20. The maximum absolute atomic E-state index is 9.96. The Balaban J connectivity index is 2.01. The molecule has 1 aliphatic heterocycles. The number of hydrogen-bond donors (Lipinski definition) is 2. The molecule has 0 aromatic heterocycles. The standard InChI is InChI=1S/C15H23ClN2O2/c1-18(2)10-12(19)9-17-14-4-3-7-20-15-8-11(16)5-6-13(14)15/h5-6,8,12,14,17,19H,3-4,7,9-10H2,1-2H3. The van der Waals surface area contributed by atoms with Crippen LogP contribution in [0.5, 0.6) is 5.75 Å². The first-order valence-electron chi connectivity index (χ1n) is 7.04.